The summed E-state index contributed by atoms with van der Waals surface area (Å²) >= 11 is 0. The number of hydrogen-bond acceptors (Lipinski definition) is 6. The molecule has 1 saturated carbocycles. The largest absolute Gasteiger partial charge is 0.345 e. The van der Waals surface area contributed by atoms with Gasteiger partial charge in [0.05, 0.1) is 0 Å². The normalized spacial score (nSPS) is 18.7. The van der Waals surface area contributed by atoms with Gasteiger partial charge in [-0.1, -0.05) is 0 Å². The summed E-state index contributed by atoms with van der Waals surface area (Å²) in [5, 5.41) is 15.5. The quantitative estimate of drug-likeness (QED) is 0.613. The Hall–Kier alpha value is -3.10. The van der Waals surface area contributed by atoms with Crippen LogP contribution in [0.4, 0.5) is 17.6 Å². The van der Waals surface area contributed by atoms with Crippen LogP contribution >= 0.6 is 0 Å². The predicted octanol–water partition coefficient (Wildman–Crippen LogP) is 3.30. The molecule has 164 valence electrons. The highest BCUT2D eigenvalue weighted by atomic mass is 16.1. The van der Waals surface area contributed by atoms with Gasteiger partial charge in [-0.2, -0.15) is 10.1 Å². The average molecular weight is 423 g/mol. The van der Waals surface area contributed by atoms with Crippen molar-refractivity contribution in [2.45, 2.75) is 50.9 Å². The van der Waals surface area contributed by atoms with Crippen molar-refractivity contribution < 1.29 is 4.79 Å². The van der Waals surface area contributed by atoms with Crippen LogP contribution in [0.5, 0.6) is 0 Å². The molecule has 2 saturated heterocycles. The van der Waals surface area contributed by atoms with Crippen LogP contribution in [-0.2, 0) is 4.79 Å². The van der Waals surface area contributed by atoms with E-state index < -0.39 is 0 Å². The lowest BCUT2D eigenvalue weighted by atomic mass is 10.1. The molecular formula is C22H30N8O. The minimum atomic E-state index is 0.664. The maximum atomic E-state index is 10.1. The van der Waals surface area contributed by atoms with Gasteiger partial charge in [-0.05, 0) is 57.1 Å². The minimum absolute atomic E-state index is 0.664. The fourth-order valence-electron chi connectivity index (χ4n) is 4.22. The molecular weight excluding hydrogens is 392 g/mol. The molecule has 9 heteroatoms. The second-order valence-electron chi connectivity index (χ2n) is 8.60. The number of anilines is 3. The highest BCUT2D eigenvalue weighted by Crippen LogP contribution is 2.39. The summed E-state index contributed by atoms with van der Waals surface area (Å²) in [6.07, 6.45) is 11.5. The molecule has 3 aromatic heterocycles. The Kier molecular flexibility index (Phi) is 5.73. The van der Waals surface area contributed by atoms with E-state index in [1.165, 1.54) is 50.6 Å². The van der Waals surface area contributed by atoms with Crippen LogP contribution in [-0.4, -0.2) is 62.3 Å². The molecule has 3 aromatic rings. The average Bonchev–Trinajstić information content (AvgIpc) is 3.20. The van der Waals surface area contributed by atoms with Crippen LogP contribution < -0.4 is 10.2 Å². The predicted molar refractivity (Wildman–Crippen MR) is 120 cm³/mol. The SMILES string of the molecule is O=CN1CCCCC1.c1cc2c(Nc3cc(C4CC4)[nH]n3)nc(N3CCCC3)nn2c1. The van der Waals surface area contributed by atoms with Gasteiger partial charge in [-0.15, -0.1) is 5.10 Å². The van der Waals surface area contributed by atoms with Gasteiger partial charge in [0, 0.05) is 50.1 Å². The van der Waals surface area contributed by atoms with Crippen molar-refractivity contribution >= 4 is 29.5 Å². The lowest BCUT2D eigenvalue weighted by Gasteiger charge is -2.21. The number of nitrogens with zero attached hydrogens (tertiary/aromatic N) is 6. The Morgan fingerprint density at radius 2 is 1.84 bits per heavy atom. The molecule has 1 amide bonds. The molecule has 0 bridgehead atoms. The Labute approximate surface area is 181 Å². The Bertz CT molecular complexity index is 1010. The summed E-state index contributed by atoms with van der Waals surface area (Å²) in [6, 6.07) is 6.10. The third-order valence-electron chi connectivity index (χ3n) is 6.17. The van der Waals surface area contributed by atoms with Gasteiger partial charge in [0.1, 0.15) is 5.52 Å². The Morgan fingerprint density at radius 3 is 2.55 bits per heavy atom. The van der Waals surface area contributed by atoms with E-state index in [9.17, 15) is 4.79 Å². The number of fused-ring (bicyclic) bond motifs is 1. The maximum Gasteiger partial charge on any atom is 0.245 e. The van der Waals surface area contributed by atoms with E-state index in [1.807, 2.05) is 27.7 Å². The van der Waals surface area contributed by atoms with Gasteiger partial charge in [0.15, 0.2) is 11.6 Å². The molecule has 0 unspecified atom stereocenters. The van der Waals surface area contributed by atoms with Crippen molar-refractivity contribution in [2.24, 2.45) is 0 Å². The number of carbonyl (C=O) groups is 1. The standard InChI is InChI=1S/C16H19N7.C6H11NO/c1-2-8-22(7-1)16-18-15(13-4-3-9-23(13)21-16)17-14-10-12(19-20-14)11-5-6-11;8-6-7-4-2-1-3-5-7/h3-4,9-11H,1-2,5-8H2,(H2,17,18,19,20,21);6H,1-5H2. The minimum Gasteiger partial charge on any atom is -0.345 e. The molecule has 3 aliphatic rings. The molecule has 0 spiro atoms. The van der Waals surface area contributed by atoms with Crippen LogP contribution in [0.25, 0.3) is 5.52 Å². The topological polar surface area (TPSA) is 94.4 Å². The zero-order valence-electron chi connectivity index (χ0n) is 17.8. The number of nitrogens with one attached hydrogen (secondary N) is 2. The Balaban J connectivity index is 0.000000217. The number of H-pyrrole nitrogens is 1. The first-order valence-corrected chi connectivity index (χ1v) is 11.4. The second-order valence-corrected chi connectivity index (χ2v) is 8.60. The van der Waals surface area contributed by atoms with Gasteiger partial charge in [-0.3, -0.25) is 9.89 Å². The van der Waals surface area contributed by atoms with Crippen molar-refractivity contribution in [3.8, 4) is 0 Å². The fourth-order valence-corrected chi connectivity index (χ4v) is 4.22. The van der Waals surface area contributed by atoms with E-state index in [0.717, 1.165) is 55.7 Å². The van der Waals surface area contributed by atoms with Gasteiger partial charge in [0.25, 0.3) is 0 Å². The number of likely N-dealkylation sites (tertiary alicyclic amines) is 1. The first-order chi connectivity index (χ1) is 15.3. The number of carbonyl (C=O) groups excluding carboxylic acids is 1. The first-order valence-electron chi connectivity index (χ1n) is 11.4. The highest BCUT2D eigenvalue weighted by molar-refractivity contribution is 5.73. The second kappa shape index (κ2) is 8.95. The van der Waals surface area contributed by atoms with E-state index in [-0.39, 0.29) is 0 Å². The van der Waals surface area contributed by atoms with Crippen LogP contribution in [0.3, 0.4) is 0 Å². The van der Waals surface area contributed by atoms with Gasteiger partial charge >= 0.3 is 0 Å². The number of rotatable bonds is 5. The fraction of sp³-hybridized carbons (Fsp3) is 0.545. The Morgan fingerprint density at radius 1 is 1.06 bits per heavy atom. The smallest absolute Gasteiger partial charge is 0.245 e. The summed E-state index contributed by atoms with van der Waals surface area (Å²) in [5.41, 5.74) is 2.18. The third-order valence-corrected chi connectivity index (χ3v) is 6.17. The number of hydrogen-bond donors (Lipinski definition) is 2. The summed E-state index contributed by atoms with van der Waals surface area (Å²) in [4.78, 5) is 18.9. The summed E-state index contributed by atoms with van der Waals surface area (Å²) < 4.78 is 1.89. The zero-order valence-corrected chi connectivity index (χ0v) is 17.8. The van der Waals surface area contributed by atoms with Crippen molar-refractivity contribution in [3.05, 3.63) is 30.1 Å². The molecule has 3 fully saturated rings. The van der Waals surface area contributed by atoms with Crippen molar-refractivity contribution in [3.63, 3.8) is 0 Å². The van der Waals surface area contributed by atoms with Crippen molar-refractivity contribution in [1.82, 2.24) is 29.7 Å². The molecule has 2 N–H and O–H groups in total. The van der Waals surface area contributed by atoms with Crippen LogP contribution in [0, 0.1) is 0 Å². The molecule has 1 aliphatic carbocycles. The number of piperidine rings is 1. The van der Waals surface area contributed by atoms with Crippen LogP contribution in [0.15, 0.2) is 24.4 Å². The molecule has 2 aliphatic heterocycles. The molecule has 5 heterocycles. The molecule has 6 rings (SSSR count). The van der Waals surface area contributed by atoms with Crippen LogP contribution in [0.2, 0.25) is 0 Å². The number of aromatic amines is 1. The van der Waals surface area contributed by atoms with Crippen LogP contribution in [0.1, 0.15) is 56.6 Å². The molecule has 0 atom stereocenters. The lowest BCUT2D eigenvalue weighted by Crippen LogP contribution is -2.27. The van der Waals surface area contributed by atoms with E-state index >= 15 is 0 Å². The molecule has 0 radical (unpaired) electrons. The molecule has 9 nitrogen and oxygen atoms in total. The summed E-state index contributed by atoms with van der Waals surface area (Å²) in [5.74, 6) is 3.07. The van der Waals surface area contributed by atoms with E-state index in [1.54, 1.807) is 0 Å². The van der Waals surface area contributed by atoms with E-state index in [4.69, 9.17) is 4.98 Å². The maximum absolute atomic E-state index is 10.1. The molecule has 0 aromatic carbocycles. The van der Waals surface area contributed by atoms with Crippen molar-refractivity contribution in [2.75, 3.05) is 36.4 Å². The summed E-state index contributed by atoms with van der Waals surface area (Å²) in [7, 11) is 0. The van der Waals surface area contributed by atoms with E-state index in [0.29, 0.717) is 5.92 Å². The highest BCUT2D eigenvalue weighted by Gasteiger charge is 2.26. The van der Waals surface area contributed by atoms with Crippen molar-refractivity contribution in [1.29, 1.82) is 0 Å². The molecule has 31 heavy (non-hydrogen) atoms. The van der Waals surface area contributed by atoms with E-state index in [2.05, 4.69) is 31.6 Å². The number of amides is 1. The number of aromatic nitrogens is 5. The zero-order chi connectivity index (χ0) is 21.0. The third kappa shape index (κ3) is 4.65. The first kappa shape index (κ1) is 19.8. The van der Waals surface area contributed by atoms with Gasteiger partial charge in [-0.25, -0.2) is 4.52 Å². The lowest BCUT2D eigenvalue weighted by molar-refractivity contribution is -0.118. The summed E-state index contributed by atoms with van der Waals surface area (Å²) in [6.45, 7) is 4.01. The van der Waals surface area contributed by atoms with Gasteiger partial charge < -0.3 is 15.1 Å². The monoisotopic (exact) mass is 422 g/mol. The van der Waals surface area contributed by atoms with Gasteiger partial charge in [0.2, 0.25) is 12.4 Å².